The quantitative estimate of drug-likeness (QED) is 0.184. The lowest BCUT2D eigenvalue weighted by Crippen LogP contribution is -2.38. The van der Waals surface area contributed by atoms with Gasteiger partial charge in [0.2, 0.25) is 11.9 Å². The first-order valence-corrected chi connectivity index (χ1v) is 16.8. The molecule has 2 fully saturated rings. The van der Waals surface area contributed by atoms with E-state index in [0.717, 1.165) is 36.9 Å². The normalized spacial score (nSPS) is 17.0. The van der Waals surface area contributed by atoms with Crippen LogP contribution in [-0.4, -0.2) is 57.9 Å². The van der Waals surface area contributed by atoms with Crippen molar-refractivity contribution in [2.45, 2.75) is 128 Å². The van der Waals surface area contributed by atoms with Crippen molar-refractivity contribution >= 4 is 23.5 Å². The summed E-state index contributed by atoms with van der Waals surface area (Å²) >= 11 is 0. The summed E-state index contributed by atoms with van der Waals surface area (Å²) < 4.78 is 28.0. The number of amides is 1. The molecular formula is C34H52F2N6O. The molecule has 4 heterocycles. The molecule has 1 N–H and O–H groups in total. The van der Waals surface area contributed by atoms with Crippen LogP contribution in [0.15, 0.2) is 24.4 Å². The molecular weight excluding hydrogens is 546 g/mol. The first-order chi connectivity index (χ1) is 20.8. The third kappa shape index (κ3) is 11.0. The molecule has 43 heavy (non-hydrogen) atoms. The van der Waals surface area contributed by atoms with E-state index in [1.807, 2.05) is 30.0 Å². The van der Waals surface area contributed by atoms with Gasteiger partial charge in [-0.2, -0.15) is 4.98 Å². The van der Waals surface area contributed by atoms with Crippen LogP contribution in [0.3, 0.4) is 0 Å². The van der Waals surface area contributed by atoms with Crippen LogP contribution in [-0.2, 0) is 4.79 Å². The van der Waals surface area contributed by atoms with E-state index in [1.54, 1.807) is 11.1 Å². The molecule has 1 amide bonds. The Morgan fingerprint density at radius 3 is 2.16 bits per heavy atom. The van der Waals surface area contributed by atoms with Gasteiger partial charge in [0.15, 0.2) is 0 Å². The first-order valence-electron chi connectivity index (χ1n) is 16.8. The predicted molar refractivity (Wildman–Crippen MR) is 170 cm³/mol. The molecule has 2 saturated heterocycles. The zero-order valence-corrected chi connectivity index (χ0v) is 26.4. The van der Waals surface area contributed by atoms with E-state index in [1.165, 1.54) is 64.2 Å². The summed E-state index contributed by atoms with van der Waals surface area (Å²) in [6, 6.07) is 5.75. The van der Waals surface area contributed by atoms with Gasteiger partial charge in [-0.25, -0.2) is 18.7 Å². The van der Waals surface area contributed by atoms with Crippen LogP contribution in [0.5, 0.6) is 0 Å². The number of hydrogen-bond donors (Lipinski definition) is 1. The Morgan fingerprint density at radius 2 is 1.56 bits per heavy atom. The number of unbranched alkanes of at least 4 members (excludes halogenated alkanes) is 11. The van der Waals surface area contributed by atoms with Crippen molar-refractivity contribution in [2.75, 3.05) is 36.4 Å². The molecule has 0 unspecified atom stereocenters. The molecule has 7 nitrogen and oxygen atoms in total. The Kier molecular flexibility index (Phi) is 13.0. The number of halogens is 2. The maximum atomic E-state index is 14.0. The van der Waals surface area contributed by atoms with Crippen molar-refractivity contribution in [1.82, 2.24) is 19.9 Å². The summed E-state index contributed by atoms with van der Waals surface area (Å²) in [7, 11) is 0. The number of pyridine rings is 1. The number of alkyl halides is 2. The molecule has 0 saturated carbocycles. The molecule has 2 aromatic rings. The van der Waals surface area contributed by atoms with Crippen LogP contribution in [0.2, 0.25) is 0 Å². The highest BCUT2D eigenvalue weighted by atomic mass is 19.3. The molecule has 0 spiro atoms. The monoisotopic (exact) mass is 598 g/mol. The van der Waals surface area contributed by atoms with E-state index in [4.69, 9.17) is 4.98 Å². The highest BCUT2D eigenvalue weighted by Crippen LogP contribution is 2.33. The summed E-state index contributed by atoms with van der Waals surface area (Å²) in [5.41, 5.74) is 1.90. The first kappa shape index (κ1) is 33.1. The van der Waals surface area contributed by atoms with Crippen LogP contribution < -0.4 is 10.2 Å². The lowest BCUT2D eigenvalue weighted by molar-refractivity contribution is -0.132. The van der Waals surface area contributed by atoms with Gasteiger partial charge in [0.05, 0.1) is 12.2 Å². The average Bonchev–Trinajstić information content (AvgIpc) is 3.37. The second-order valence-electron chi connectivity index (χ2n) is 12.6. The molecule has 0 aromatic carbocycles. The predicted octanol–water partition coefficient (Wildman–Crippen LogP) is 8.57. The molecule has 4 rings (SSSR count). The van der Waals surface area contributed by atoms with Crippen LogP contribution in [0, 0.1) is 6.92 Å². The van der Waals surface area contributed by atoms with E-state index >= 15 is 0 Å². The minimum Gasteiger partial charge on any atom is -0.343 e. The number of piperidine rings is 1. The van der Waals surface area contributed by atoms with Gasteiger partial charge >= 0.3 is 0 Å². The molecule has 2 aliphatic heterocycles. The number of aryl methyl sites for hydroxylation is 1. The molecule has 0 radical (unpaired) electrons. The van der Waals surface area contributed by atoms with Gasteiger partial charge in [0.1, 0.15) is 11.6 Å². The van der Waals surface area contributed by atoms with Crippen molar-refractivity contribution in [2.24, 2.45) is 0 Å². The van der Waals surface area contributed by atoms with Crippen LogP contribution in [0.4, 0.5) is 26.4 Å². The minimum atomic E-state index is -2.73. The zero-order chi connectivity index (χ0) is 30.5. The third-order valence-corrected chi connectivity index (χ3v) is 8.87. The maximum absolute atomic E-state index is 14.0. The standard InChI is InChI=1S/C34H52F2N6O/c1-3-4-5-6-7-8-9-10-11-12-13-14-15-32(43)41-21-17-28(18-22-41)29-25-31(39-30-24-27(2)16-20-37-30)40-33(38-29)42-23-19-34(35,36)26-42/h16,20,24-25,28H,3-15,17-19,21-23,26H2,1-2H3,(H,37,38,39,40). The fraction of sp³-hybridized carbons (Fsp3) is 0.706. The molecule has 0 bridgehead atoms. The summed E-state index contributed by atoms with van der Waals surface area (Å²) in [5.74, 6) is -0.799. The van der Waals surface area contributed by atoms with E-state index in [9.17, 15) is 13.6 Å². The Balaban J connectivity index is 1.22. The molecule has 2 aliphatic rings. The van der Waals surface area contributed by atoms with Gasteiger partial charge in [0, 0.05) is 50.7 Å². The Bertz CT molecular complexity index is 1140. The second kappa shape index (κ2) is 16.9. The summed E-state index contributed by atoms with van der Waals surface area (Å²) in [5, 5.41) is 3.25. The van der Waals surface area contributed by atoms with Gasteiger partial charge in [-0.05, 0) is 43.9 Å². The van der Waals surface area contributed by atoms with Crippen LogP contribution in [0.25, 0.3) is 0 Å². The number of nitrogens with one attached hydrogen (secondary N) is 1. The van der Waals surface area contributed by atoms with Crippen molar-refractivity contribution in [3.05, 3.63) is 35.7 Å². The zero-order valence-electron chi connectivity index (χ0n) is 26.4. The highest BCUT2D eigenvalue weighted by molar-refractivity contribution is 5.76. The lowest BCUT2D eigenvalue weighted by Gasteiger charge is -2.32. The highest BCUT2D eigenvalue weighted by Gasteiger charge is 2.39. The molecule has 0 aliphatic carbocycles. The Labute approximate surface area is 257 Å². The summed E-state index contributed by atoms with van der Waals surface area (Å²) in [6.07, 6.45) is 19.2. The van der Waals surface area contributed by atoms with Gasteiger partial charge in [-0.1, -0.05) is 77.6 Å². The third-order valence-electron chi connectivity index (χ3n) is 8.87. The van der Waals surface area contributed by atoms with E-state index in [-0.39, 0.29) is 31.3 Å². The van der Waals surface area contributed by atoms with Crippen LogP contribution >= 0.6 is 0 Å². The van der Waals surface area contributed by atoms with Gasteiger partial charge in [-0.15, -0.1) is 0 Å². The SMILES string of the molecule is CCCCCCCCCCCCCCC(=O)N1CCC(c2cc(Nc3cc(C)ccn3)nc(N3CCC(F)(F)C3)n2)CC1. The molecule has 2 aromatic heterocycles. The van der Waals surface area contributed by atoms with Crippen LogP contribution in [0.1, 0.15) is 127 Å². The maximum Gasteiger partial charge on any atom is 0.267 e. The van der Waals surface area contributed by atoms with E-state index in [2.05, 4.69) is 22.2 Å². The van der Waals surface area contributed by atoms with Crippen molar-refractivity contribution in [3.8, 4) is 0 Å². The average molecular weight is 599 g/mol. The van der Waals surface area contributed by atoms with E-state index in [0.29, 0.717) is 37.1 Å². The number of rotatable bonds is 17. The number of carbonyl (C=O) groups is 1. The number of likely N-dealkylation sites (tertiary alicyclic amines) is 1. The Morgan fingerprint density at radius 1 is 0.907 bits per heavy atom. The number of nitrogens with zero attached hydrogens (tertiary/aromatic N) is 5. The molecule has 238 valence electrons. The Hall–Kier alpha value is -2.84. The second-order valence-corrected chi connectivity index (χ2v) is 12.6. The summed E-state index contributed by atoms with van der Waals surface area (Å²) in [6.45, 7) is 5.51. The van der Waals surface area contributed by atoms with Gasteiger partial charge < -0.3 is 15.1 Å². The largest absolute Gasteiger partial charge is 0.343 e. The smallest absolute Gasteiger partial charge is 0.267 e. The van der Waals surface area contributed by atoms with Gasteiger partial charge in [0.25, 0.3) is 5.92 Å². The van der Waals surface area contributed by atoms with Gasteiger partial charge in [-0.3, -0.25) is 4.79 Å². The minimum absolute atomic E-state index is 0.145. The van der Waals surface area contributed by atoms with E-state index < -0.39 is 5.92 Å². The topological polar surface area (TPSA) is 74.2 Å². The summed E-state index contributed by atoms with van der Waals surface area (Å²) in [4.78, 5) is 30.2. The number of carbonyl (C=O) groups excluding carboxylic acids is 1. The molecule has 9 heteroatoms. The lowest BCUT2D eigenvalue weighted by atomic mass is 9.93. The van der Waals surface area contributed by atoms with Crippen molar-refractivity contribution in [3.63, 3.8) is 0 Å². The molecule has 0 atom stereocenters. The fourth-order valence-corrected chi connectivity index (χ4v) is 6.21. The van der Waals surface area contributed by atoms with Crippen molar-refractivity contribution in [1.29, 1.82) is 0 Å². The number of anilines is 3. The number of aromatic nitrogens is 3. The fourth-order valence-electron chi connectivity index (χ4n) is 6.21. The van der Waals surface area contributed by atoms with Crippen molar-refractivity contribution < 1.29 is 13.6 Å². The number of hydrogen-bond acceptors (Lipinski definition) is 6.